The average Bonchev–Trinajstić information content (AvgIpc) is 3.51. The van der Waals surface area contributed by atoms with Gasteiger partial charge in [-0.25, -0.2) is 8.42 Å². The van der Waals surface area contributed by atoms with Gasteiger partial charge in [0.1, 0.15) is 0 Å². The van der Waals surface area contributed by atoms with Crippen molar-refractivity contribution >= 4 is 27.5 Å². The highest BCUT2D eigenvalue weighted by Gasteiger charge is 2.40. The van der Waals surface area contributed by atoms with E-state index in [2.05, 4.69) is 12.2 Å². The van der Waals surface area contributed by atoms with Crippen molar-refractivity contribution in [3.63, 3.8) is 0 Å². The van der Waals surface area contributed by atoms with Gasteiger partial charge in [0.15, 0.2) is 0 Å². The maximum Gasteiger partial charge on any atom is 0.243 e. The number of fused-ring (bicyclic) bond motifs is 1. The first-order valence-corrected chi connectivity index (χ1v) is 12.8. The lowest BCUT2D eigenvalue weighted by Gasteiger charge is -2.30. The van der Waals surface area contributed by atoms with Gasteiger partial charge in [0.2, 0.25) is 21.8 Å². The van der Waals surface area contributed by atoms with Crippen LogP contribution in [-0.2, 0) is 26.0 Å². The lowest BCUT2D eigenvalue weighted by Crippen LogP contribution is -2.46. The summed E-state index contributed by atoms with van der Waals surface area (Å²) in [7, 11) is -2.36. The van der Waals surface area contributed by atoms with E-state index in [-0.39, 0.29) is 41.3 Å². The average molecular weight is 448 g/mol. The molecule has 3 aliphatic rings. The smallest absolute Gasteiger partial charge is 0.243 e. The van der Waals surface area contributed by atoms with Gasteiger partial charge >= 0.3 is 0 Å². The van der Waals surface area contributed by atoms with Crippen molar-refractivity contribution in [3.8, 4) is 0 Å². The maximum atomic E-state index is 13.1. The van der Waals surface area contributed by atoms with E-state index in [4.69, 9.17) is 0 Å². The van der Waals surface area contributed by atoms with Crippen LogP contribution < -0.4 is 10.2 Å². The summed E-state index contributed by atoms with van der Waals surface area (Å²) in [6.07, 6.45) is 6.84. The van der Waals surface area contributed by atoms with Crippen LogP contribution in [0.2, 0.25) is 0 Å². The Hall–Kier alpha value is -1.93. The fraction of sp³-hybridized carbons (Fsp3) is 0.652. The summed E-state index contributed by atoms with van der Waals surface area (Å²) in [6, 6.07) is 5.11. The molecule has 170 valence electrons. The molecular formula is C23H33N3O4S. The van der Waals surface area contributed by atoms with E-state index in [1.807, 2.05) is 11.8 Å². The van der Waals surface area contributed by atoms with Crippen LogP contribution >= 0.6 is 0 Å². The molecule has 8 heteroatoms. The maximum absolute atomic E-state index is 13.1. The monoisotopic (exact) mass is 447 g/mol. The number of sulfonamides is 1. The van der Waals surface area contributed by atoms with Crippen molar-refractivity contribution in [2.75, 3.05) is 18.5 Å². The second-order valence-electron chi connectivity index (χ2n) is 9.52. The summed E-state index contributed by atoms with van der Waals surface area (Å²) >= 11 is 0. The fourth-order valence-electron chi connectivity index (χ4n) is 4.88. The molecule has 1 aromatic carbocycles. The van der Waals surface area contributed by atoms with E-state index in [1.54, 1.807) is 18.2 Å². The van der Waals surface area contributed by atoms with Gasteiger partial charge in [-0.1, -0.05) is 19.8 Å². The highest BCUT2D eigenvalue weighted by atomic mass is 32.2. The molecule has 1 aliphatic heterocycles. The van der Waals surface area contributed by atoms with Crippen molar-refractivity contribution in [1.29, 1.82) is 0 Å². The van der Waals surface area contributed by atoms with E-state index >= 15 is 0 Å². The van der Waals surface area contributed by atoms with Crippen molar-refractivity contribution in [2.45, 2.75) is 75.8 Å². The van der Waals surface area contributed by atoms with Crippen molar-refractivity contribution in [2.24, 2.45) is 11.8 Å². The molecule has 0 spiro atoms. The first-order valence-electron chi connectivity index (χ1n) is 11.4. The number of benzene rings is 1. The summed E-state index contributed by atoms with van der Waals surface area (Å²) in [5.74, 6) is 0.418. The summed E-state index contributed by atoms with van der Waals surface area (Å²) in [5.41, 5.74) is 1.69. The van der Waals surface area contributed by atoms with E-state index in [0.29, 0.717) is 12.3 Å². The Morgan fingerprint density at radius 1 is 1.13 bits per heavy atom. The van der Waals surface area contributed by atoms with E-state index in [1.165, 1.54) is 13.5 Å². The predicted molar refractivity (Wildman–Crippen MR) is 119 cm³/mol. The molecule has 7 nitrogen and oxygen atoms in total. The van der Waals surface area contributed by atoms with Crippen LogP contribution in [0.4, 0.5) is 5.69 Å². The molecule has 2 aliphatic carbocycles. The molecule has 2 saturated carbocycles. The lowest BCUT2D eigenvalue weighted by molar-refractivity contribution is -0.122. The van der Waals surface area contributed by atoms with Crippen LogP contribution in [0.1, 0.15) is 57.9 Å². The molecule has 0 unspecified atom stereocenters. The van der Waals surface area contributed by atoms with E-state index in [9.17, 15) is 18.0 Å². The zero-order valence-corrected chi connectivity index (χ0v) is 19.5. The Kier molecular flexibility index (Phi) is 6.14. The lowest BCUT2D eigenvalue weighted by atomic mass is 9.86. The standard InChI is InChI=1S/C23H33N3O4S/c1-15-6-4-5-7-20(15)24-22(27)14-25(3)31(29,30)19-10-11-21-18(13-19)12-16(2)26(21)23(28)17-8-9-17/h10-11,13,15-17,20H,4-9,12,14H2,1-3H3,(H,24,27)/t15-,16-,20-/m1/s1. The van der Waals surface area contributed by atoms with Gasteiger partial charge in [-0.3, -0.25) is 9.59 Å². The van der Waals surface area contributed by atoms with Crippen LogP contribution in [0.3, 0.4) is 0 Å². The van der Waals surface area contributed by atoms with Gasteiger partial charge < -0.3 is 10.2 Å². The summed E-state index contributed by atoms with van der Waals surface area (Å²) in [4.78, 5) is 27.1. The molecular weight excluding hydrogens is 414 g/mol. The second kappa shape index (κ2) is 8.54. The Bertz CT molecular complexity index is 973. The number of carbonyl (C=O) groups excluding carboxylic acids is 2. The minimum Gasteiger partial charge on any atom is -0.352 e. The molecule has 0 radical (unpaired) electrons. The molecule has 3 atom stereocenters. The predicted octanol–water partition coefficient (Wildman–Crippen LogP) is 2.69. The van der Waals surface area contributed by atoms with Gasteiger partial charge in [-0.15, -0.1) is 0 Å². The molecule has 1 heterocycles. The Labute approximate surface area is 185 Å². The Morgan fingerprint density at radius 2 is 1.84 bits per heavy atom. The molecule has 2 fully saturated rings. The normalized spacial score (nSPS) is 26.1. The topological polar surface area (TPSA) is 86.8 Å². The van der Waals surface area contributed by atoms with Gasteiger partial charge in [-0.05, 0) is 68.7 Å². The number of hydrogen-bond acceptors (Lipinski definition) is 4. The minimum atomic E-state index is -3.80. The number of hydrogen-bond donors (Lipinski definition) is 1. The second-order valence-corrected chi connectivity index (χ2v) is 11.6. The minimum absolute atomic E-state index is 0.0297. The fourth-order valence-corrected chi connectivity index (χ4v) is 6.06. The zero-order chi connectivity index (χ0) is 22.3. The number of carbonyl (C=O) groups is 2. The Morgan fingerprint density at radius 3 is 2.52 bits per heavy atom. The third kappa shape index (κ3) is 4.51. The molecule has 1 aromatic rings. The number of amides is 2. The molecule has 1 N–H and O–H groups in total. The van der Waals surface area contributed by atoms with Crippen LogP contribution in [0.15, 0.2) is 23.1 Å². The van der Waals surface area contributed by atoms with Gasteiger partial charge in [-0.2, -0.15) is 4.31 Å². The van der Waals surface area contributed by atoms with Crippen LogP contribution in [-0.4, -0.2) is 50.2 Å². The first-order chi connectivity index (χ1) is 14.7. The first kappa shape index (κ1) is 22.3. The van der Waals surface area contributed by atoms with E-state index in [0.717, 1.165) is 47.7 Å². The Balaban J connectivity index is 1.45. The largest absolute Gasteiger partial charge is 0.352 e. The van der Waals surface area contributed by atoms with E-state index < -0.39 is 10.0 Å². The third-order valence-electron chi connectivity index (χ3n) is 6.96. The zero-order valence-electron chi connectivity index (χ0n) is 18.6. The number of nitrogens with one attached hydrogen (secondary N) is 1. The molecule has 0 aromatic heterocycles. The quantitative estimate of drug-likeness (QED) is 0.726. The molecule has 2 amide bonds. The SMILES string of the molecule is C[C@@H]1CCCC[C@H]1NC(=O)CN(C)S(=O)(=O)c1ccc2c(c1)C[C@@H](C)N2C(=O)C1CC1. The molecule has 4 rings (SSSR count). The van der Waals surface area contributed by atoms with Gasteiger partial charge in [0.05, 0.1) is 11.4 Å². The molecule has 0 saturated heterocycles. The third-order valence-corrected chi connectivity index (χ3v) is 8.76. The molecule has 31 heavy (non-hydrogen) atoms. The highest BCUT2D eigenvalue weighted by Crippen LogP contribution is 2.39. The van der Waals surface area contributed by atoms with Crippen LogP contribution in [0.25, 0.3) is 0 Å². The summed E-state index contributed by atoms with van der Waals surface area (Å²) in [5, 5.41) is 3.02. The number of likely N-dealkylation sites (N-methyl/N-ethyl adjacent to an activating group) is 1. The summed E-state index contributed by atoms with van der Waals surface area (Å²) in [6.45, 7) is 3.93. The summed E-state index contributed by atoms with van der Waals surface area (Å²) < 4.78 is 27.3. The molecule has 0 bridgehead atoms. The van der Waals surface area contributed by atoms with Crippen LogP contribution in [0, 0.1) is 11.8 Å². The number of rotatable bonds is 6. The van der Waals surface area contributed by atoms with Gasteiger partial charge in [0.25, 0.3) is 0 Å². The number of nitrogens with zero attached hydrogens (tertiary/aromatic N) is 2. The number of anilines is 1. The van der Waals surface area contributed by atoms with Crippen molar-refractivity contribution in [1.82, 2.24) is 9.62 Å². The highest BCUT2D eigenvalue weighted by molar-refractivity contribution is 7.89. The van der Waals surface area contributed by atoms with Crippen LogP contribution in [0.5, 0.6) is 0 Å². The van der Waals surface area contributed by atoms with Gasteiger partial charge in [0, 0.05) is 30.7 Å². The van der Waals surface area contributed by atoms with Crippen molar-refractivity contribution in [3.05, 3.63) is 23.8 Å². The van der Waals surface area contributed by atoms with Crippen molar-refractivity contribution < 1.29 is 18.0 Å².